The average molecular weight is 255 g/mol. The molecule has 0 radical (unpaired) electrons. The Morgan fingerprint density at radius 2 is 2.12 bits per heavy atom. The first kappa shape index (κ1) is 12.2. The zero-order valence-corrected chi connectivity index (χ0v) is 10.5. The molecule has 5 heteroatoms. The average Bonchev–Trinajstić information content (AvgIpc) is 2.34. The zero-order valence-electron chi connectivity index (χ0n) is 9.70. The molecular weight excluding hydrogens is 240 g/mol. The Bertz CT molecular complexity index is 417. The van der Waals surface area contributed by atoms with E-state index in [0.717, 1.165) is 11.3 Å². The van der Waals surface area contributed by atoms with Crippen molar-refractivity contribution >= 4 is 23.3 Å². The third-order valence-corrected chi connectivity index (χ3v) is 2.96. The molecule has 0 unspecified atom stereocenters. The number of halogens is 1. The minimum atomic E-state index is -0.0845. The molecule has 0 spiro atoms. The lowest BCUT2D eigenvalue weighted by Gasteiger charge is -2.27. The normalized spacial score (nSPS) is 15.8. The van der Waals surface area contributed by atoms with E-state index in [1.54, 1.807) is 11.0 Å². The summed E-state index contributed by atoms with van der Waals surface area (Å²) in [6.07, 6.45) is 0. The number of ether oxygens (including phenoxy) is 1. The van der Waals surface area contributed by atoms with Crippen LogP contribution in [-0.2, 0) is 4.74 Å². The standard InChI is InChI=1S/C12H15ClN2O2/c1-9-8-10(13)2-3-11(9)14-12(16)15-4-6-17-7-5-15/h2-3,8H,4-7H2,1H3,(H,14,16). The SMILES string of the molecule is Cc1cc(Cl)ccc1NC(=O)N1CCOCC1. The fourth-order valence-electron chi connectivity index (χ4n) is 1.73. The molecule has 1 fully saturated rings. The highest BCUT2D eigenvalue weighted by molar-refractivity contribution is 6.30. The number of carbonyl (C=O) groups is 1. The maximum absolute atomic E-state index is 11.9. The van der Waals surface area contributed by atoms with Crippen molar-refractivity contribution in [2.45, 2.75) is 6.92 Å². The Labute approximate surface area is 106 Å². The molecule has 0 bridgehead atoms. The van der Waals surface area contributed by atoms with Crippen LogP contribution in [0.2, 0.25) is 5.02 Å². The van der Waals surface area contributed by atoms with Crippen LogP contribution >= 0.6 is 11.6 Å². The number of carbonyl (C=O) groups excluding carboxylic acids is 1. The van der Waals surface area contributed by atoms with Gasteiger partial charge in [0.1, 0.15) is 0 Å². The quantitative estimate of drug-likeness (QED) is 0.837. The van der Waals surface area contributed by atoms with Gasteiger partial charge < -0.3 is 15.0 Å². The number of hydrogen-bond donors (Lipinski definition) is 1. The van der Waals surface area contributed by atoms with Gasteiger partial charge in [-0.3, -0.25) is 0 Å². The molecule has 1 aromatic rings. The first-order chi connectivity index (χ1) is 8.16. The Hall–Kier alpha value is -1.26. The number of amides is 2. The Morgan fingerprint density at radius 3 is 2.76 bits per heavy atom. The summed E-state index contributed by atoms with van der Waals surface area (Å²) < 4.78 is 5.20. The van der Waals surface area contributed by atoms with Crippen LogP contribution in [0.1, 0.15) is 5.56 Å². The van der Waals surface area contributed by atoms with Crippen molar-refractivity contribution in [3.8, 4) is 0 Å². The van der Waals surface area contributed by atoms with Crippen LogP contribution in [0, 0.1) is 6.92 Å². The second-order valence-corrected chi connectivity index (χ2v) is 4.43. The van der Waals surface area contributed by atoms with Gasteiger partial charge in [-0.1, -0.05) is 11.6 Å². The van der Waals surface area contributed by atoms with E-state index < -0.39 is 0 Å². The molecule has 1 N–H and O–H groups in total. The predicted octanol–water partition coefficient (Wildman–Crippen LogP) is 2.51. The van der Waals surface area contributed by atoms with E-state index in [0.29, 0.717) is 31.3 Å². The fourth-order valence-corrected chi connectivity index (χ4v) is 1.95. The molecule has 1 aliphatic heterocycles. The summed E-state index contributed by atoms with van der Waals surface area (Å²) in [5.74, 6) is 0. The maximum atomic E-state index is 11.9. The highest BCUT2D eigenvalue weighted by Gasteiger charge is 2.17. The second kappa shape index (κ2) is 5.38. The summed E-state index contributed by atoms with van der Waals surface area (Å²) in [5.41, 5.74) is 1.75. The number of nitrogens with zero attached hydrogens (tertiary/aromatic N) is 1. The number of morpholine rings is 1. The van der Waals surface area contributed by atoms with Gasteiger partial charge in [-0.05, 0) is 30.7 Å². The molecule has 17 heavy (non-hydrogen) atoms. The van der Waals surface area contributed by atoms with Gasteiger partial charge in [0.2, 0.25) is 0 Å². The minimum absolute atomic E-state index is 0.0845. The predicted molar refractivity (Wildman–Crippen MR) is 67.6 cm³/mol. The Kier molecular flexibility index (Phi) is 3.86. The van der Waals surface area contributed by atoms with Gasteiger partial charge in [0, 0.05) is 23.8 Å². The third-order valence-electron chi connectivity index (χ3n) is 2.73. The summed E-state index contributed by atoms with van der Waals surface area (Å²) in [6, 6.07) is 5.33. The molecule has 1 heterocycles. The smallest absolute Gasteiger partial charge is 0.322 e. The number of aryl methyl sites for hydroxylation is 1. The number of urea groups is 1. The van der Waals surface area contributed by atoms with Crippen molar-refractivity contribution in [2.24, 2.45) is 0 Å². The van der Waals surface area contributed by atoms with E-state index in [-0.39, 0.29) is 6.03 Å². The van der Waals surface area contributed by atoms with Gasteiger partial charge in [0.15, 0.2) is 0 Å². The Morgan fingerprint density at radius 1 is 1.41 bits per heavy atom. The van der Waals surface area contributed by atoms with Gasteiger partial charge in [0.25, 0.3) is 0 Å². The van der Waals surface area contributed by atoms with E-state index in [1.165, 1.54) is 0 Å². The number of hydrogen-bond acceptors (Lipinski definition) is 2. The van der Waals surface area contributed by atoms with Crippen molar-refractivity contribution in [3.05, 3.63) is 28.8 Å². The molecule has 1 saturated heterocycles. The van der Waals surface area contributed by atoms with Crippen LogP contribution in [0.3, 0.4) is 0 Å². The lowest BCUT2D eigenvalue weighted by molar-refractivity contribution is 0.0564. The first-order valence-corrected chi connectivity index (χ1v) is 5.94. The maximum Gasteiger partial charge on any atom is 0.322 e. The second-order valence-electron chi connectivity index (χ2n) is 3.99. The summed E-state index contributed by atoms with van der Waals surface area (Å²) in [7, 11) is 0. The summed E-state index contributed by atoms with van der Waals surface area (Å²) in [6.45, 7) is 4.40. The summed E-state index contributed by atoms with van der Waals surface area (Å²) >= 11 is 5.86. The van der Waals surface area contributed by atoms with Gasteiger partial charge >= 0.3 is 6.03 Å². The number of nitrogens with one attached hydrogen (secondary N) is 1. The number of anilines is 1. The molecule has 4 nitrogen and oxygen atoms in total. The molecular formula is C12H15ClN2O2. The van der Waals surface area contributed by atoms with Crippen LogP contribution in [0.5, 0.6) is 0 Å². The van der Waals surface area contributed by atoms with Crippen LogP contribution in [0.25, 0.3) is 0 Å². The van der Waals surface area contributed by atoms with Crippen molar-refractivity contribution in [1.82, 2.24) is 4.90 Å². The van der Waals surface area contributed by atoms with Gasteiger partial charge in [-0.25, -0.2) is 4.79 Å². The topological polar surface area (TPSA) is 41.6 Å². The molecule has 92 valence electrons. The van der Waals surface area contributed by atoms with Crippen LogP contribution in [0.4, 0.5) is 10.5 Å². The van der Waals surface area contributed by atoms with Crippen LogP contribution in [-0.4, -0.2) is 37.2 Å². The van der Waals surface area contributed by atoms with Gasteiger partial charge in [-0.2, -0.15) is 0 Å². The van der Waals surface area contributed by atoms with Crippen LogP contribution < -0.4 is 5.32 Å². The highest BCUT2D eigenvalue weighted by atomic mass is 35.5. The van der Waals surface area contributed by atoms with E-state index in [4.69, 9.17) is 16.3 Å². The fraction of sp³-hybridized carbons (Fsp3) is 0.417. The summed E-state index contributed by atoms with van der Waals surface area (Å²) in [4.78, 5) is 13.7. The monoisotopic (exact) mass is 254 g/mol. The van der Waals surface area contributed by atoms with E-state index in [9.17, 15) is 4.79 Å². The van der Waals surface area contributed by atoms with Crippen LogP contribution in [0.15, 0.2) is 18.2 Å². The molecule has 1 aliphatic rings. The van der Waals surface area contributed by atoms with E-state index in [2.05, 4.69) is 5.32 Å². The lowest BCUT2D eigenvalue weighted by Crippen LogP contribution is -2.43. The Balaban J connectivity index is 2.02. The minimum Gasteiger partial charge on any atom is -0.378 e. The molecule has 0 aliphatic carbocycles. The molecule has 1 aromatic carbocycles. The molecule has 2 amide bonds. The molecule has 0 aromatic heterocycles. The summed E-state index contributed by atoms with van der Waals surface area (Å²) in [5, 5.41) is 3.55. The molecule has 0 saturated carbocycles. The molecule has 2 rings (SSSR count). The van der Waals surface area contributed by atoms with Crippen molar-refractivity contribution in [1.29, 1.82) is 0 Å². The lowest BCUT2D eigenvalue weighted by atomic mass is 10.2. The third kappa shape index (κ3) is 3.11. The zero-order chi connectivity index (χ0) is 12.3. The molecule has 0 atom stereocenters. The number of rotatable bonds is 1. The number of benzene rings is 1. The largest absolute Gasteiger partial charge is 0.378 e. The first-order valence-electron chi connectivity index (χ1n) is 5.56. The van der Waals surface area contributed by atoms with Crippen molar-refractivity contribution < 1.29 is 9.53 Å². The van der Waals surface area contributed by atoms with Crippen molar-refractivity contribution in [2.75, 3.05) is 31.6 Å². The van der Waals surface area contributed by atoms with E-state index >= 15 is 0 Å². The van der Waals surface area contributed by atoms with Gasteiger partial charge in [0.05, 0.1) is 13.2 Å². The highest BCUT2D eigenvalue weighted by Crippen LogP contribution is 2.20. The van der Waals surface area contributed by atoms with Gasteiger partial charge in [-0.15, -0.1) is 0 Å². The van der Waals surface area contributed by atoms with E-state index in [1.807, 2.05) is 19.1 Å². The van der Waals surface area contributed by atoms with Crippen molar-refractivity contribution in [3.63, 3.8) is 0 Å².